The molecule has 0 radical (unpaired) electrons. The van der Waals surface area contributed by atoms with Gasteiger partial charge in [0.25, 0.3) is 0 Å². The van der Waals surface area contributed by atoms with Crippen LogP contribution in [-0.2, 0) is 9.53 Å². The van der Waals surface area contributed by atoms with Crippen molar-refractivity contribution >= 4 is 5.97 Å². The van der Waals surface area contributed by atoms with Crippen molar-refractivity contribution < 1.29 is 9.53 Å². The predicted molar refractivity (Wildman–Crippen MR) is 87.3 cm³/mol. The van der Waals surface area contributed by atoms with Gasteiger partial charge in [-0.1, -0.05) is 27.2 Å². The van der Waals surface area contributed by atoms with E-state index in [1.807, 2.05) is 0 Å². The van der Waals surface area contributed by atoms with Gasteiger partial charge < -0.3 is 15.0 Å². The topological polar surface area (TPSA) is 41.6 Å². The second kappa shape index (κ2) is 8.74. The normalized spacial score (nSPS) is 25.8. The van der Waals surface area contributed by atoms with Gasteiger partial charge in [0, 0.05) is 0 Å². The molecule has 1 rings (SSSR count). The van der Waals surface area contributed by atoms with Crippen LogP contribution in [-0.4, -0.2) is 50.2 Å². The monoisotopic (exact) mass is 298 g/mol. The lowest BCUT2D eigenvalue weighted by atomic mass is 9.84. The number of rotatable bonds is 9. The second-order valence-electron chi connectivity index (χ2n) is 6.86. The molecule has 0 spiro atoms. The van der Waals surface area contributed by atoms with Gasteiger partial charge in [-0.25, -0.2) is 0 Å². The minimum absolute atomic E-state index is 0.0725. The lowest BCUT2D eigenvalue weighted by Crippen LogP contribution is -2.55. The van der Waals surface area contributed by atoms with Crippen LogP contribution in [0, 0.1) is 11.8 Å². The Morgan fingerprint density at radius 1 is 1.43 bits per heavy atom. The van der Waals surface area contributed by atoms with Gasteiger partial charge in [0.2, 0.25) is 0 Å². The number of carbonyl (C=O) groups is 1. The first-order valence-corrected chi connectivity index (χ1v) is 8.48. The van der Waals surface area contributed by atoms with Gasteiger partial charge in [-0.15, -0.1) is 0 Å². The molecule has 1 saturated carbocycles. The number of esters is 1. The molecule has 1 N–H and O–H groups in total. The van der Waals surface area contributed by atoms with Crippen LogP contribution < -0.4 is 5.32 Å². The van der Waals surface area contributed by atoms with E-state index in [0.29, 0.717) is 5.92 Å². The smallest absolute Gasteiger partial charge is 0.326 e. The zero-order valence-corrected chi connectivity index (χ0v) is 14.6. The highest BCUT2D eigenvalue weighted by atomic mass is 16.5. The summed E-state index contributed by atoms with van der Waals surface area (Å²) in [6.45, 7) is 9.60. The number of carbonyl (C=O) groups excluding carboxylic acids is 1. The molecule has 0 aromatic rings. The van der Waals surface area contributed by atoms with Crippen LogP contribution in [0.1, 0.15) is 52.9 Å². The Labute approximate surface area is 130 Å². The number of nitrogens with zero attached hydrogens (tertiary/aromatic N) is 1. The SMILES string of the molecule is CCNC1(C(=O)OC)CCCC1CCN(C)CCC(C)C. The standard InChI is InChI=1S/C17H34N2O2/c1-6-18-17(16(20)21-5)11-7-8-15(17)10-13-19(4)12-9-14(2)3/h14-15,18H,6-13H2,1-5H3. The van der Waals surface area contributed by atoms with Gasteiger partial charge in [-0.05, 0) is 64.2 Å². The Kier molecular flexibility index (Phi) is 7.67. The number of hydrogen-bond donors (Lipinski definition) is 1. The Morgan fingerprint density at radius 3 is 2.71 bits per heavy atom. The van der Waals surface area contributed by atoms with E-state index in [0.717, 1.165) is 51.2 Å². The average Bonchev–Trinajstić information content (AvgIpc) is 2.86. The van der Waals surface area contributed by atoms with Crippen molar-refractivity contribution in [3.05, 3.63) is 0 Å². The van der Waals surface area contributed by atoms with Crippen molar-refractivity contribution in [2.24, 2.45) is 11.8 Å². The van der Waals surface area contributed by atoms with Crippen LogP contribution in [0.15, 0.2) is 0 Å². The molecule has 0 aromatic carbocycles. The fourth-order valence-electron chi connectivity index (χ4n) is 3.51. The lowest BCUT2D eigenvalue weighted by Gasteiger charge is -2.34. The molecule has 124 valence electrons. The highest BCUT2D eigenvalue weighted by Gasteiger charge is 2.48. The summed E-state index contributed by atoms with van der Waals surface area (Å²) in [5, 5.41) is 3.44. The maximum Gasteiger partial charge on any atom is 0.326 e. The lowest BCUT2D eigenvalue weighted by molar-refractivity contribution is -0.150. The van der Waals surface area contributed by atoms with Crippen molar-refractivity contribution in [3.8, 4) is 0 Å². The maximum absolute atomic E-state index is 12.3. The molecule has 0 amide bonds. The third-order valence-corrected chi connectivity index (χ3v) is 4.81. The summed E-state index contributed by atoms with van der Waals surface area (Å²) in [6, 6.07) is 0. The van der Waals surface area contributed by atoms with Crippen molar-refractivity contribution in [2.75, 3.05) is 33.8 Å². The van der Waals surface area contributed by atoms with Gasteiger partial charge in [0.05, 0.1) is 7.11 Å². The molecule has 0 aromatic heterocycles. The molecule has 4 heteroatoms. The van der Waals surface area contributed by atoms with Crippen LogP contribution >= 0.6 is 0 Å². The maximum atomic E-state index is 12.3. The van der Waals surface area contributed by atoms with E-state index in [-0.39, 0.29) is 5.97 Å². The molecule has 2 atom stereocenters. The Bertz CT molecular complexity index is 320. The molecular weight excluding hydrogens is 264 g/mol. The first-order chi connectivity index (χ1) is 9.96. The molecule has 0 heterocycles. The molecular formula is C17H34N2O2. The summed E-state index contributed by atoms with van der Waals surface area (Å²) >= 11 is 0. The minimum Gasteiger partial charge on any atom is -0.468 e. The fraction of sp³-hybridized carbons (Fsp3) is 0.941. The molecule has 1 aliphatic carbocycles. The third-order valence-electron chi connectivity index (χ3n) is 4.81. The zero-order chi connectivity index (χ0) is 15.9. The Morgan fingerprint density at radius 2 is 2.14 bits per heavy atom. The third kappa shape index (κ3) is 4.96. The predicted octanol–water partition coefficient (Wildman–Crippen LogP) is 2.68. The molecule has 0 aliphatic heterocycles. The van der Waals surface area contributed by atoms with E-state index in [2.05, 4.69) is 38.0 Å². The Hall–Kier alpha value is -0.610. The molecule has 1 aliphatic rings. The van der Waals surface area contributed by atoms with Gasteiger partial charge in [0.15, 0.2) is 0 Å². The highest BCUT2D eigenvalue weighted by molar-refractivity contribution is 5.81. The fourth-order valence-corrected chi connectivity index (χ4v) is 3.51. The van der Waals surface area contributed by atoms with Crippen LogP contribution in [0.5, 0.6) is 0 Å². The summed E-state index contributed by atoms with van der Waals surface area (Å²) in [6.07, 6.45) is 5.45. The second-order valence-corrected chi connectivity index (χ2v) is 6.86. The molecule has 2 unspecified atom stereocenters. The summed E-state index contributed by atoms with van der Waals surface area (Å²) < 4.78 is 5.09. The van der Waals surface area contributed by atoms with E-state index in [9.17, 15) is 4.79 Å². The number of methoxy groups -OCH3 is 1. The largest absolute Gasteiger partial charge is 0.468 e. The first-order valence-electron chi connectivity index (χ1n) is 8.48. The molecule has 4 nitrogen and oxygen atoms in total. The highest BCUT2D eigenvalue weighted by Crippen LogP contribution is 2.39. The number of nitrogens with one attached hydrogen (secondary N) is 1. The van der Waals surface area contributed by atoms with Crippen molar-refractivity contribution in [1.82, 2.24) is 10.2 Å². The minimum atomic E-state index is -0.442. The Balaban J connectivity index is 2.57. The summed E-state index contributed by atoms with van der Waals surface area (Å²) in [5.74, 6) is 1.07. The van der Waals surface area contributed by atoms with Crippen molar-refractivity contribution in [3.63, 3.8) is 0 Å². The van der Waals surface area contributed by atoms with E-state index in [4.69, 9.17) is 4.74 Å². The number of likely N-dealkylation sites (N-methyl/N-ethyl adjacent to an activating group) is 1. The average molecular weight is 298 g/mol. The van der Waals surface area contributed by atoms with Crippen LogP contribution in [0.3, 0.4) is 0 Å². The molecule has 0 bridgehead atoms. The number of hydrogen-bond acceptors (Lipinski definition) is 4. The van der Waals surface area contributed by atoms with Crippen molar-refractivity contribution in [2.45, 2.75) is 58.4 Å². The molecule has 0 saturated heterocycles. The van der Waals surface area contributed by atoms with Crippen molar-refractivity contribution in [1.29, 1.82) is 0 Å². The summed E-state index contributed by atoms with van der Waals surface area (Å²) in [7, 11) is 3.69. The van der Waals surface area contributed by atoms with E-state index >= 15 is 0 Å². The molecule has 21 heavy (non-hydrogen) atoms. The van der Waals surface area contributed by atoms with Gasteiger partial charge >= 0.3 is 5.97 Å². The quantitative estimate of drug-likeness (QED) is 0.665. The summed E-state index contributed by atoms with van der Waals surface area (Å²) in [4.78, 5) is 14.7. The first kappa shape index (κ1) is 18.4. The summed E-state index contributed by atoms with van der Waals surface area (Å²) in [5.41, 5.74) is -0.442. The van der Waals surface area contributed by atoms with E-state index in [1.165, 1.54) is 13.5 Å². The van der Waals surface area contributed by atoms with Crippen LogP contribution in [0.25, 0.3) is 0 Å². The zero-order valence-electron chi connectivity index (χ0n) is 14.6. The van der Waals surface area contributed by atoms with E-state index in [1.54, 1.807) is 0 Å². The van der Waals surface area contributed by atoms with E-state index < -0.39 is 5.54 Å². The van der Waals surface area contributed by atoms with Crippen LogP contribution in [0.2, 0.25) is 0 Å². The van der Waals surface area contributed by atoms with Gasteiger partial charge in [-0.2, -0.15) is 0 Å². The van der Waals surface area contributed by atoms with Crippen LogP contribution in [0.4, 0.5) is 0 Å². The number of ether oxygens (including phenoxy) is 1. The molecule has 1 fully saturated rings. The van der Waals surface area contributed by atoms with Gasteiger partial charge in [0.1, 0.15) is 5.54 Å². The van der Waals surface area contributed by atoms with Gasteiger partial charge in [-0.3, -0.25) is 4.79 Å².